The Morgan fingerprint density at radius 2 is 1.88 bits per heavy atom. The molecule has 0 fully saturated rings. The highest BCUT2D eigenvalue weighted by Crippen LogP contribution is 2.30. The predicted octanol–water partition coefficient (Wildman–Crippen LogP) is 1.88. The molecule has 0 saturated heterocycles. The van der Waals surface area contributed by atoms with Gasteiger partial charge in [-0.05, 0) is 24.3 Å². The topological polar surface area (TPSA) is 91.5 Å². The molecular weight excluding hydrogens is 410 g/mol. The number of carbonyl (C=O) groups is 1. The minimum atomic E-state index is -0.315. The Kier molecular flexibility index (Phi) is 5.06. The molecule has 1 aliphatic rings. The number of aromatic nitrogens is 4. The molecule has 9 heteroatoms. The van der Waals surface area contributed by atoms with Gasteiger partial charge in [-0.2, -0.15) is 5.10 Å². The van der Waals surface area contributed by atoms with Gasteiger partial charge in [0.2, 0.25) is 5.91 Å². The number of para-hydroxylation sites is 3. The Labute approximate surface area is 183 Å². The van der Waals surface area contributed by atoms with Crippen LogP contribution in [0, 0.1) is 0 Å². The molecule has 32 heavy (non-hydrogen) atoms. The maximum absolute atomic E-state index is 12.9. The fraction of sp³-hybridized carbons (Fsp3) is 0.217. The number of ether oxygens (including phenoxy) is 2. The Balaban J connectivity index is 1.29. The summed E-state index contributed by atoms with van der Waals surface area (Å²) in [6.45, 7) is 0.559. The standard InChI is InChI=1S/C23H21N5O4/c1-26(12-17-14-31-19-9-5-6-10-20(19)32-17)21(29)13-27-15-24-22-18(23(27)30)11-25-28(22)16-7-3-2-4-8-16/h2-11,15,17H,12-14H2,1H3/t17-/m1/s1. The maximum atomic E-state index is 12.9. The number of fused-ring (bicyclic) bond motifs is 2. The van der Waals surface area contributed by atoms with E-state index < -0.39 is 0 Å². The predicted molar refractivity (Wildman–Crippen MR) is 117 cm³/mol. The van der Waals surface area contributed by atoms with Crippen molar-refractivity contribution in [2.24, 2.45) is 0 Å². The first-order chi connectivity index (χ1) is 15.6. The normalized spacial score (nSPS) is 15.0. The summed E-state index contributed by atoms with van der Waals surface area (Å²) in [5.74, 6) is 1.12. The number of likely N-dealkylation sites (N-methyl/N-ethyl adjacent to an activating group) is 1. The molecule has 0 bridgehead atoms. The molecule has 0 radical (unpaired) electrons. The summed E-state index contributed by atoms with van der Waals surface area (Å²) in [7, 11) is 1.68. The largest absolute Gasteiger partial charge is 0.486 e. The molecule has 1 aliphatic heterocycles. The van der Waals surface area contributed by atoms with Gasteiger partial charge >= 0.3 is 0 Å². The summed E-state index contributed by atoms with van der Waals surface area (Å²) in [5.41, 5.74) is 0.939. The number of rotatable bonds is 5. The highest BCUT2D eigenvalue weighted by molar-refractivity contribution is 5.77. The first kappa shape index (κ1) is 19.8. The molecule has 0 spiro atoms. The minimum Gasteiger partial charge on any atom is -0.486 e. The van der Waals surface area contributed by atoms with E-state index in [0.29, 0.717) is 35.7 Å². The van der Waals surface area contributed by atoms with E-state index in [1.54, 1.807) is 11.7 Å². The zero-order chi connectivity index (χ0) is 22.1. The minimum absolute atomic E-state index is 0.126. The molecule has 0 unspecified atom stereocenters. The van der Waals surface area contributed by atoms with Crippen LogP contribution in [0.3, 0.4) is 0 Å². The lowest BCUT2D eigenvalue weighted by atomic mass is 10.2. The molecule has 5 rings (SSSR count). The summed E-state index contributed by atoms with van der Waals surface area (Å²) in [6, 6.07) is 16.9. The van der Waals surface area contributed by atoms with Gasteiger partial charge in [-0.25, -0.2) is 9.67 Å². The third-order valence-corrected chi connectivity index (χ3v) is 5.33. The quantitative estimate of drug-likeness (QED) is 0.479. The zero-order valence-corrected chi connectivity index (χ0v) is 17.4. The number of hydrogen-bond acceptors (Lipinski definition) is 6. The molecule has 1 atom stereocenters. The molecule has 0 saturated carbocycles. The van der Waals surface area contributed by atoms with Crippen LogP contribution >= 0.6 is 0 Å². The van der Waals surface area contributed by atoms with Crippen molar-refractivity contribution in [2.75, 3.05) is 20.2 Å². The van der Waals surface area contributed by atoms with Gasteiger partial charge in [0.1, 0.15) is 24.9 Å². The Bertz CT molecular complexity index is 1330. The molecule has 0 N–H and O–H groups in total. The van der Waals surface area contributed by atoms with Crippen LogP contribution in [0.5, 0.6) is 11.5 Å². The molecule has 4 aromatic rings. The van der Waals surface area contributed by atoms with E-state index >= 15 is 0 Å². The second kappa shape index (κ2) is 8.18. The fourth-order valence-electron chi connectivity index (χ4n) is 3.65. The summed E-state index contributed by atoms with van der Waals surface area (Å²) < 4.78 is 14.5. The molecule has 162 valence electrons. The van der Waals surface area contributed by atoms with Crippen molar-refractivity contribution in [3.05, 3.63) is 77.5 Å². The van der Waals surface area contributed by atoms with Crippen molar-refractivity contribution < 1.29 is 14.3 Å². The molecule has 3 heterocycles. The number of carbonyl (C=O) groups excluding carboxylic acids is 1. The maximum Gasteiger partial charge on any atom is 0.264 e. The van der Waals surface area contributed by atoms with E-state index in [0.717, 1.165) is 5.69 Å². The van der Waals surface area contributed by atoms with Gasteiger partial charge in [-0.3, -0.25) is 14.2 Å². The number of hydrogen-bond donors (Lipinski definition) is 0. The van der Waals surface area contributed by atoms with E-state index in [1.807, 2.05) is 54.6 Å². The van der Waals surface area contributed by atoms with Gasteiger partial charge in [0.05, 0.1) is 18.4 Å². The van der Waals surface area contributed by atoms with Crippen LogP contribution in [-0.2, 0) is 11.3 Å². The summed E-state index contributed by atoms with van der Waals surface area (Å²) >= 11 is 0. The van der Waals surface area contributed by atoms with Gasteiger partial charge in [0.15, 0.2) is 23.3 Å². The average Bonchev–Trinajstić information content (AvgIpc) is 3.26. The van der Waals surface area contributed by atoms with Gasteiger partial charge < -0.3 is 14.4 Å². The summed E-state index contributed by atoms with van der Waals surface area (Å²) in [4.78, 5) is 31.6. The number of amides is 1. The molecule has 2 aromatic carbocycles. The molecule has 2 aromatic heterocycles. The Hall–Kier alpha value is -4.14. The van der Waals surface area contributed by atoms with E-state index in [4.69, 9.17) is 9.47 Å². The van der Waals surface area contributed by atoms with Crippen molar-refractivity contribution in [3.8, 4) is 17.2 Å². The number of nitrogens with zero attached hydrogens (tertiary/aromatic N) is 5. The van der Waals surface area contributed by atoms with Gasteiger partial charge in [-0.1, -0.05) is 30.3 Å². The summed E-state index contributed by atoms with van der Waals surface area (Å²) in [5, 5.41) is 4.65. The second-order valence-corrected chi connectivity index (χ2v) is 7.58. The summed E-state index contributed by atoms with van der Waals surface area (Å²) in [6.07, 6.45) is 2.57. The van der Waals surface area contributed by atoms with E-state index in [1.165, 1.54) is 22.0 Å². The second-order valence-electron chi connectivity index (χ2n) is 7.58. The van der Waals surface area contributed by atoms with Crippen LogP contribution in [0.2, 0.25) is 0 Å². The van der Waals surface area contributed by atoms with E-state index in [-0.39, 0.29) is 24.1 Å². The first-order valence-electron chi connectivity index (χ1n) is 10.2. The zero-order valence-electron chi connectivity index (χ0n) is 17.4. The van der Waals surface area contributed by atoms with E-state index in [2.05, 4.69) is 10.1 Å². The molecule has 9 nitrogen and oxygen atoms in total. The lowest BCUT2D eigenvalue weighted by molar-refractivity contribution is -0.132. The smallest absolute Gasteiger partial charge is 0.264 e. The van der Waals surface area contributed by atoms with Crippen LogP contribution in [0.25, 0.3) is 16.7 Å². The van der Waals surface area contributed by atoms with Crippen molar-refractivity contribution in [2.45, 2.75) is 12.6 Å². The van der Waals surface area contributed by atoms with E-state index in [9.17, 15) is 9.59 Å². The fourth-order valence-corrected chi connectivity index (χ4v) is 3.65. The highest BCUT2D eigenvalue weighted by atomic mass is 16.6. The Morgan fingerprint density at radius 1 is 1.12 bits per heavy atom. The molecule has 0 aliphatic carbocycles. The van der Waals surface area contributed by atoms with Crippen molar-refractivity contribution >= 4 is 16.9 Å². The third kappa shape index (κ3) is 3.68. The highest BCUT2D eigenvalue weighted by Gasteiger charge is 2.24. The van der Waals surface area contributed by atoms with Gasteiger partial charge in [0, 0.05) is 7.05 Å². The van der Waals surface area contributed by atoms with Crippen molar-refractivity contribution in [3.63, 3.8) is 0 Å². The third-order valence-electron chi connectivity index (χ3n) is 5.33. The van der Waals surface area contributed by atoms with Gasteiger partial charge in [-0.15, -0.1) is 0 Å². The van der Waals surface area contributed by atoms with Crippen LogP contribution < -0.4 is 15.0 Å². The van der Waals surface area contributed by atoms with Gasteiger partial charge in [0.25, 0.3) is 5.56 Å². The van der Waals surface area contributed by atoms with Crippen LogP contribution in [-0.4, -0.2) is 56.4 Å². The molecule has 1 amide bonds. The number of benzene rings is 2. The lowest BCUT2D eigenvalue weighted by Gasteiger charge is -2.29. The van der Waals surface area contributed by atoms with Crippen molar-refractivity contribution in [1.29, 1.82) is 0 Å². The molecular formula is C23H21N5O4. The van der Waals surface area contributed by atoms with Crippen molar-refractivity contribution in [1.82, 2.24) is 24.2 Å². The lowest BCUT2D eigenvalue weighted by Crippen LogP contribution is -2.43. The SMILES string of the molecule is CN(C[C@@H]1COc2ccccc2O1)C(=O)Cn1cnc2c(cnn2-c2ccccc2)c1=O. The van der Waals surface area contributed by atoms with Crippen LogP contribution in [0.15, 0.2) is 71.9 Å². The average molecular weight is 431 g/mol. The monoisotopic (exact) mass is 431 g/mol. The van der Waals surface area contributed by atoms with Crippen LogP contribution in [0.4, 0.5) is 0 Å². The first-order valence-corrected chi connectivity index (χ1v) is 10.2. The van der Waals surface area contributed by atoms with Crippen LogP contribution in [0.1, 0.15) is 0 Å². The Morgan fingerprint density at radius 3 is 2.69 bits per heavy atom.